The van der Waals surface area contributed by atoms with Crippen molar-refractivity contribution in [2.45, 2.75) is 0 Å². The van der Waals surface area contributed by atoms with Crippen LogP contribution in [-0.4, -0.2) is 5.78 Å². The number of allylic oxidation sites excluding steroid dienone is 1. The summed E-state index contributed by atoms with van der Waals surface area (Å²) in [7, 11) is 0. The third-order valence-corrected chi connectivity index (χ3v) is 3.52. The van der Waals surface area contributed by atoms with Gasteiger partial charge < -0.3 is 5.32 Å². The molecule has 0 aromatic heterocycles. The summed E-state index contributed by atoms with van der Waals surface area (Å²) < 4.78 is 0. The monoisotopic (exact) mass is 299 g/mol. The van der Waals surface area contributed by atoms with Gasteiger partial charge in [0.1, 0.15) is 0 Å². The van der Waals surface area contributed by atoms with Crippen molar-refractivity contribution in [2.24, 2.45) is 0 Å². The summed E-state index contributed by atoms with van der Waals surface area (Å²) in [4.78, 5) is 12.9. The number of hydrogen-bond acceptors (Lipinski definition) is 2. The first kappa shape index (κ1) is 14.8. The van der Waals surface area contributed by atoms with Gasteiger partial charge in [-0.1, -0.05) is 78.9 Å². The summed E-state index contributed by atoms with van der Waals surface area (Å²) in [6.45, 7) is 0. The fraction of sp³-hybridized carbons (Fsp3) is 0. The summed E-state index contributed by atoms with van der Waals surface area (Å²) in [5, 5.41) is 3.21. The number of anilines is 1. The van der Waals surface area contributed by atoms with E-state index < -0.39 is 0 Å². The first-order valence-electron chi connectivity index (χ1n) is 7.51. The molecule has 0 saturated carbocycles. The summed E-state index contributed by atoms with van der Waals surface area (Å²) >= 11 is 0. The number of nitrogens with one attached hydrogen (secondary N) is 1. The molecular formula is C21H17NO. The minimum atomic E-state index is 0.000214. The van der Waals surface area contributed by atoms with E-state index in [1.54, 1.807) is 6.20 Å². The van der Waals surface area contributed by atoms with Crippen LogP contribution in [0.4, 0.5) is 5.69 Å². The van der Waals surface area contributed by atoms with Crippen molar-refractivity contribution < 1.29 is 4.79 Å². The maximum atomic E-state index is 12.9. The highest BCUT2D eigenvalue weighted by Crippen LogP contribution is 2.20. The fourth-order valence-corrected chi connectivity index (χ4v) is 2.33. The summed E-state index contributed by atoms with van der Waals surface area (Å²) in [5.74, 6) is 0.000214. The Morgan fingerprint density at radius 2 is 1.13 bits per heavy atom. The molecule has 0 bridgehead atoms. The Labute approximate surface area is 136 Å². The van der Waals surface area contributed by atoms with Gasteiger partial charge in [-0.05, 0) is 17.7 Å². The molecule has 2 nitrogen and oxygen atoms in total. The van der Waals surface area contributed by atoms with E-state index >= 15 is 0 Å². The molecule has 3 aromatic carbocycles. The highest BCUT2D eigenvalue weighted by molar-refractivity contribution is 6.29. The van der Waals surface area contributed by atoms with Gasteiger partial charge >= 0.3 is 0 Å². The van der Waals surface area contributed by atoms with Gasteiger partial charge in [0.05, 0.1) is 0 Å². The zero-order chi connectivity index (χ0) is 15.9. The molecule has 0 fully saturated rings. The maximum absolute atomic E-state index is 12.9. The third kappa shape index (κ3) is 3.74. The largest absolute Gasteiger partial charge is 0.361 e. The second-order valence-electron chi connectivity index (χ2n) is 5.13. The molecule has 0 aliphatic carbocycles. The van der Waals surface area contributed by atoms with Crippen molar-refractivity contribution in [2.75, 3.05) is 5.32 Å². The van der Waals surface area contributed by atoms with Crippen molar-refractivity contribution in [3.05, 3.63) is 108 Å². The Balaban J connectivity index is 1.96. The van der Waals surface area contributed by atoms with Crippen LogP contribution in [0.3, 0.4) is 0 Å². The first-order valence-corrected chi connectivity index (χ1v) is 7.51. The lowest BCUT2D eigenvalue weighted by molar-refractivity contribution is 0.105. The molecular weight excluding hydrogens is 282 g/mol. The Kier molecular flexibility index (Phi) is 4.65. The van der Waals surface area contributed by atoms with Crippen molar-refractivity contribution in [1.29, 1.82) is 0 Å². The molecule has 0 heterocycles. The topological polar surface area (TPSA) is 29.1 Å². The molecule has 112 valence electrons. The number of carbonyl (C=O) groups is 1. The number of Topliss-reactive ketones (excluding diaryl/α,β-unsaturated/α-hetero) is 1. The number of para-hydroxylation sites is 1. The predicted molar refractivity (Wildman–Crippen MR) is 95.3 cm³/mol. The Hall–Kier alpha value is -3.13. The lowest BCUT2D eigenvalue weighted by Crippen LogP contribution is -2.05. The molecule has 0 radical (unpaired) electrons. The third-order valence-electron chi connectivity index (χ3n) is 3.52. The van der Waals surface area contributed by atoms with Crippen molar-refractivity contribution >= 4 is 17.0 Å². The van der Waals surface area contributed by atoms with E-state index in [4.69, 9.17) is 0 Å². The second kappa shape index (κ2) is 7.23. The zero-order valence-electron chi connectivity index (χ0n) is 12.6. The summed E-state index contributed by atoms with van der Waals surface area (Å²) in [6.07, 6.45) is 1.78. The molecule has 0 unspecified atom stereocenters. The SMILES string of the molecule is O=C(C(=CNc1ccccc1)c1ccccc1)c1ccccc1. The Morgan fingerprint density at radius 1 is 0.652 bits per heavy atom. The van der Waals surface area contributed by atoms with Crippen LogP contribution in [0.25, 0.3) is 5.57 Å². The van der Waals surface area contributed by atoms with E-state index in [9.17, 15) is 4.79 Å². The normalized spacial score (nSPS) is 11.0. The van der Waals surface area contributed by atoms with E-state index in [0.29, 0.717) is 11.1 Å². The van der Waals surface area contributed by atoms with Crippen molar-refractivity contribution in [3.8, 4) is 0 Å². The minimum Gasteiger partial charge on any atom is -0.361 e. The number of hydrogen-bond donors (Lipinski definition) is 1. The van der Waals surface area contributed by atoms with Gasteiger partial charge in [-0.3, -0.25) is 4.79 Å². The molecule has 0 spiro atoms. The molecule has 0 saturated heterocycles. The van der Waals surface area contributed by atoms with E-state index in [1.165, 1.54) is 0 Å². The standard InChI is InChI=1S/C21H17NO/c23-21(18-12-6-2-7-13-18)20(17-10-4-1-5-11-17)16-22-19-14-8-3-9-15-19/h1-16,22H. The van der Waals surface area contributed by atoms with Gasteiger partial charge in [-0.15, -0.1) is 0 Å². The predicted octanol–water partition coefficient (Wildman–Crippen LogP) is 5.02. The molecule has 0 aliphatic rings. The van der Waals surface area contributed by atoms with Gasteiger partial charge in [-0.25, -0.2) is 0 Å². The van der Waals surface area contributed by atoms with Crippen LogP contribution in [0.1, 0.15) is 15.9 Å². The zero-order valence-corrected chi connectivity index (χ0v) is 12.6. The molecule has 3 rings (SSSR count). The number of ketones is 1. The smallest absolute Gasteiger partial charge is 0.195 e. The second-order valence-corrected chi connectivity index (χ2v) is 5.13. The van der Waals surface area contributed by atoms with Crippen molar-refractivity contribution in [1.82, 2.24) is 0 Å². The van der Waals surface area contributed by atoms with Gasteiger partial charge in [0.2, 0.25) is 0 Å². The summed E-state index contributed by atoms with van der Waals surface area (Å²) in [5.41, 5.74) is 3.16. The molecule has 0 atom stereocenters. The number of rotatable bonds is 5. The molecule has 2 heteroatoms. The van der Waals surface area contributed by atoms with E-state index in [0.717, 1.165) is 11.3 Å². The van der Waals surface area contributed by atoms with Crippen LogP contribution in [0.15, 0.2) is 97.2 Å². The lowest BCUT2D eigenvalue weighted by atomic mass is 9.97. The van der Waals surface area contributed by atoms with E-state index in [2.05, 4.69) is 5.32 Å². The van der Waals surface area contributed by atoms with Crippen LogP contribution in [0, 0.1) is 0 Å². The average Bonchev–Trinajstić information content (AvgIpc) is 2.64. The number of benzene rings is 3. The van der Waals surface area contributed by atoms with Crippen LogP contribution < -0.4 is 5.32 Å². The quantitative estimate of drug-likeness (QED) is 0.529. The minimum absolute atomic E-state index is 0.000214. The lowest BCUT2D eigenvalue weighted by Gasteiger charge is -2.09. The molecule has 3 aromatic rings. The highest BCUT2D eigenvalue weighted by atomic mass is 16.1. The Bertz CT molecular complexity index is 793. The fourth-order valence-electron chi connectivity index (χ4n) is 2.33. The summed E-state index contributed by atoms with van der Waals surface area (Å²) in [6, 6.07) is 28.8. The first-order chi connectivity index (χ1) is 11.3. The molecule has 1 N–H and O–H groups in total. The van der Waals surface area contributed by atoms with Crippen LogP contribution in [0.2, 0.25) is 0 Å². The van der Waals surface area contributed by atoms with Crippen LogP contribution in [0.5, 0.6) is 0 Å². The van der Waals surface area contributed by atoms with Gasteiger partial charge in [-0.2, -0.15) is 0 Å². The molecule has 23 heavy (non-hydrogen) atoms. The maximum Gasteiger partial charge on any atom is 0.195 e. The molecule has 0 amide bonds. The van der Waals surface area contributed by atoms with Crippen LogP contribution >= 0.6 is 0 Å². The average molecular weight is 299 g/mol. The van der Waals surface area contributed by atoms with E-state index in [1.807, 2.05) is 91.0 Å². The number of carbonyl (C=O) groups excluding carboxylic acids is 1. The van der Waals surface area contributed by atoms with Gasteiger partial charge in [0.15, 0.2) is 5.78 Å². The van der Waals surface area contributed by atoms with Crippen molar-refractivity contribution in [3.63, 3.8) is 0 Å². The Morgan fingerprint density at radius 3 is 1.70 bits per heavy atom. The molecule has 0 aliphatic heterocycles. The van der Waals surface area contributed by atoms with Gasteiger partial charge in [0.25, 0.3) is 0 Å². The highest BCUT2D eigenvalue weighted by Gasteiger charge is 2.13. The van der Waals surface area contributed by atoms with Gasteiger partial charge in [0, 0.05) is 23.0 Å². The van der Waals surface area contributed by atoms with Crippen LogP contribution in [-0.2, 0) is 0 Å². The van der Waals surface area contributed by atoms with E-state index in [-0.39, 0.29) is 5.78 Å².